The number of hydrogen-bond acceptors (Lipinski definition) is 2. The molecule has 2 nitrogen and oxygen atoms in total. The molecule has 0 amide bonds. The van der Waals surface area contributed by atoms with Gasteiger partial charge in [-0.15, -0.1) is 0 Å². The van der Waals surface area contributed by atoms with Crippen LogP contribution in [0.25, 0.3) is 0 Å². The van der Waals surface area contributed by atoms with Crippen molar-refractivity contribution in [3.8, 4) is 0 Å². The van der Waals surface area contributed by atoms with Gasteiger partial charge in [-0.25, -0.2) is 0 Å². The fourth-order valence-corrected chi connectivity index (χ4v) is 2.16. The monoisotopic (exact) mass is 244 g/mol. The highest BCUT2D eigenvalue weighted by atomic mass is 15.2. The van der Waals surface area contributed by atoms with Crippen LogP contribution < -0.4 is 5.32 Å². The van der Waals surface area contributed by atoms with Crippen molar-refractivity contribution >= 4 is 7.85 Å². The van der Waals surface area contributed by atoms with E-state index < -0.39 is 0 Å². The summed E-state index contributed by atoms with van der Waals surface area (Å²) in [5, 5.41) is 3.40. The molecule has 0 radical (unpaired) electrons. The van der Waals surface area contributed by atoms with Gasteiger partial charge < -0.3 is 10.2 Å². The normalized spacial score (nSPS) is 16.2. The van der Waals surface area contributed by atoms with Gasteiger partial charge in [0.15, 0.2) is 0 Å². The van der Waals surface area contributed by atoms with Crippen LogP contribution in [0.2, 0.25) is 0 Å². The van der Waals surface area contributed by atoms with E-state index in [9.17, 15) is 0 Å². The molecule has 0 aromatic carbocycles. The molecule has 0 saturated carbocycles. The maximum absolute atomic E-state index is 3.93. The van der Waals surface area contributed by atoms with Crippen molar-refractivity contribution in [2.45, 2.75) is 33.6 Å². The van der Waals surface area contributed by atoms with E-state index in [0.717, 1.165) is 26.1 Å². The molecule has 1 rings (SSSR count). The molecule has 0 atom stereocenters. The topological polar surface area (TPSA) is 15.3 Å². The SMILES string of the molecule is BC1=CC=C(CC)N(CN/C=C(/C)CC(=C)C)C1. The number of hydrogen-bond donors (Lipinski definition) is 1. The molecule has 3 heteroatoms. The lowest BCUT2D eigenvalue weighted by Gasteiger charge is -2.30. The molecule has 0 spiro atoms. The molecule has 0 aromatic rings. The van der Waals surface area contributed by atoms with Gasteiger partial charge in [-0.05, 0) is 39.0 Å². The summed E-state index contributed by atoms with van der Waals surface area (Å²) in [6.07, 6.45) is 8.61. The largest absolute Gasteiger partial charge is 0.374 e. The highest BCUT2D eigenvalue weighted by Crippen LogP contribution is 2.15. The van der Waals surface area contributed by atoms with Crippen LogP contribution in [0.4, 0.5) is 0 Å². The number of allylic oxidation sites excluding steroid dienone is 5. The zero-order chi connectivity index (χ0) is 13.5. The third-order valence-corrected chi connectivity index (χ3v) is 2.98. The van der Waals surface area contributed by atoms with E-state index in [2.05, 4.69) is 63.8 Å². The lowest BCUT2D eigenvalue weighted by molar-refractivity contribution is 0.349. The maximum Gasteiger partial charge on any atom is 0.136 e. The Balaban J connectivity index is 2.46. The van der Waals surface area contributed by atoms with E-state index in [1.807, 2.05) is 0 Å². The van der Waals surface area contributed by atoms with E-state index in [1.54, 1.807) is 0 Å². The minimum absolute atomic E-state index is 0.873. The Kier molecular flexibility index (Phi) is 5.83. The van der Waals surface area contributed by atoms with Crippen molar-refractivity contribution in [3.05, 3.63) is 47.2 Å². The summed E-state index contributed by atoms with van der Waals surface area (Å²) in [7, 11) is 2.18. The van der Waals surface area contributed by atoms with Gasteiger partial charge in [-0.1, -0.05) is 36.2 Å². The molecule has 0 saturated heterocycles. The van der Waals surface area contributed by atoms with Crippen molar-refractivity contribution < 1.29 is 0 Å². The summed E-state index contributed by atoms with van der Waals surface area (Å²) in [5.41, 5.74) is 5.35. The molecule has 0 aliphatic carbocycles. The van der Waals surface area contributed by atoms with Crippen LogP contribution >= 0.6 is 0 Å². The minimum Gasteiger partial charge on any atom is -0.374 e. The summed E-state index contributed by atoms with van der Waals surface area (Å²) in [4.78, 5) is 2.39. The number of rotatable bonds is 6. The quantitative estimate of drug-likeness (QED) is 0.570. The molecule has 1 N–H and O–H groups in total. The van der Waals surface area contributed by atoms with E-state index >= 15 is 0 Å². The van der Waals surface area contributed by atoms with Crippen LogP contribution in [0.15, 0.2) is 47.2 Å². The highest BCUT2D eigenvalue weighted by Gasteiger charge is 2.10. The van der Waals surface area contributed by atoms with Gasteiger partial charge in [0.25, 0.3) is 0 Å². The second-order valence-electron chi connectivity index (χ2n) is 5.21. The zero-order valence-electron chi connectivity index (χ0n) is 12.2. The summed E-state index contributed by atoms with van der Waals surface area (Å²) in [5.74, 6) is 0. The molecule has 0 fully saturated rings. The van der Waals surface area contributed by atoms with Gasteiger partial charge in [0.2, 0.25) is 0 Å². The van der Waals surface area contributed by atoms with Crippen molar-refractivity contribution in [3.63, 3.8) is 0 Å². The Hall–Kier alpha value is -1.38. The average Bonchev–Trinajstić information content (AvgIpc) is 2.28. The molecule has 18 heavy (non-hydrogen) atoms. The molecular weight excluding hydrogens is 219 g/mol. The summed E-state index contributed by atoms with van der Waals surface area (Å²) < 4.78 is 0. The van der Waals surface area contributed by atoms with Crippen LogP contribution in [0.1, 0.15) is 33.6 Å². The lowest BCUT2D eigenvalue weighted by Crippen LogP contribution is -2.34. The first kappa shape index (κ1) is 14.7. The van der Waals surface area contributed by atoms with Crippen LogP contribution in [0, 0.1) is 0 Å². The Morgan fingerprint density at radius 1 is 1.50 bits per heavy atom. The first-order chi connectivity index (χ1) is 8.52. The molecule has 0 unspecified atom stereocenters. The van der Waals surface area contributed by atoms with Gasteiger partial charge in [0, 0.05) is 12.2 Å². The average molecular weight is 244 g/mol. The third kappa shape index (κ3) is 4.86. The van der Waals surface area contributed by atoms with Gasteiger partial charge in [-0.3, -0.25) is 0 Å². The predicted molar refractivity (Wildman–Crippen MR) is 82.9 cm³/mol. The number of nitrogens with zero attached hydrogens (tertiary/aromatic N) is 1. The fourth-order valence-electron chi connectivity index (χ4n) is 2.16. The van der Waals surface area contributed by atoms with E-state index in [-0.39, 0.29) is 0 Å². The highest BCUT2D eigenvalue weighted by molar-refractivity contribution is 6.22. The second-order valence-corrected chi connectivity index (χ2v) is 5.21. The Bertz CT molecular complexity index is 391. The van der Waals surface area contributed by atoms with E-state index in [4.69, 9.17) is 0 Å². The molecule has 1 aliphatic heterocycles. The smallest absolute Gasteiger partial charge is 0.136 e. The van der Waals surface area contributed by atoms with E-state index in [0.29, 0.717) is 0 Å². The first-order valence-corrected chi connectivity index (χ1v) is 6.67. The van der Waals surface area contributed by atoms with Crippen LogP contribution in [-0.2, 0) is 0 Å². The predicted octanol–water partition coefficient (Wildman–Crippen LogP) is 2.53. The fraction of sp³-hybridized carbons (Fsp3) is 0.467. The molecule has 1 aliphatic rings. The Morgan fingerprint density at radius 2 is 2.22 bits per heavy atom. The molecule has 0 bridgehead atoms. The zero-order valence-corrected chi connectivity index (χ0v) is 12.2. The van der Waals surface area contributed by atoms with Crippen molar-refractivity contribution in [2.24, 2.45) is 0 Å². The summed E-state index contributed by atoms with van der Waals surface area (Å²) in [6.45, 7) is 12.2. The van der Waals surface area contributed by atoms with E-state index in [1.165, 1.54) is 22.3 Å². The van der Waals surface area contributed by atoms with Crippen molar-refractivity contribution in [2.75, 3.05) is 13.2 Å². The van der Waals surface area contributed by atoms with Crippen molar-refractivity contribution in [1.82, 2.24) is 10.2 Å². The van der Waals surface area contributed by atoms with Gasteiger partial charge in [0.1, 0.15) is 7.85 Å². The van der Waals surface area contributed by atoms with Gasteiger partial charge >= 0.3 is 0 Å². The Morgan fingerprint density at radius 3 is 2.83 bits per heavy atom. The van der Waals surface area contributed by atoms with Crippen LogP contribution in [0.3, 0.4) is 0 Å². The summed E-state index contributed by atoms with van der Waals surface area (Å²) in [6, 6.07) is 0. The van der Waals surface area contributed by atoms with Crippen LogP contribution in [0.5, 0.6) is 0 Å². The van der Waals surface area contributed by atoms with Gasteiger partial charge in [0.05, 0.1) is 6.67 Å². The standard InChI is InChI=1S/C15H25BN2/c1-5-15-7-6-14(16)10-18(15)11-17-9-13(4)8-12(2)3/h6-7,9,17H,2,5,8,10-11,16H2,1,3-4H3/b13-9-. The van der Waals surface area contributed by atoms with Crippen LogP contribution in [-0.4, -0.2) is 26.0 Å². The second kappa shape index (κ2) is 7.15. The third-order valence-electron chi connectivity index (χ3n) is 2.98. The molecular formula is C15H25BN2. The molecule has 1 heterocycles. The number of nitrogens with one attached hydrogen (secondary N) is 1. The van der Waals surface area contributed by atoms with Crippen molar-refractivity contribution in [1.29, 1.82) is 0 Å². The first-order valence-electron chi connectivity index (χ1n) is 6.67. The lowest BCUT2D eigenvalue weighted by atomic mass is 9.92. The molecule has 98 valence electrons. The van der Waals surface area contributed by atoms with Gasteiger partial charge in [-0.2, -0.15) is 0 Å². The maximum atomic E-state index is 3.93. The minimum atomic E-state index is 0.873. The Labute approximate surface area is 113 Å². The molecule has 0 aromatic heterocycles. The summed E-state index contributed by atoms with van der Waals surface area (Å²) >= 11 is 0.